The van der Waals surface area contributed by atoms with Gasteiger partial charge in [-0.1, -0.05) is 19.8 Å². The van der Waals surface area contributed by atoms with Gasteiger partial charge in [-0.15, -0.1) is 0 Å². The molecule has 1 saturated carbocycles. The maximum atomic E-state index is 11.9. The Kier molecular flexibility index (Phi) is 7.21. The summed E-state index contributed by atoms with van der Waals surface area (Å²) >= 11 is 0. The number of ether oxygens (including phenoxy) is 1. The number of rotatable bonds is 7. The van der Waals surface area contributed by atoms with Crippen LogP contribution in [0.4, 0.5) is 0 Å². The summed E-state index contributed by atoms with van der Waals surface area (Å²) in [4.78, 5) is 11.9. The molecule has 0 spiro atoms. The number of amides is 1. The highest BCUT2D eigenvalue weighted by molar-refractivity contribution is 5.78. The summed E-state index contributed by atoms with van der Waals surface area (Å²) in [5, 5.41) is 6.22. The van der Waals surface area contributed by atoms with E-state index in [1.807, 2.05) is 0 Å². The first-order valence-corrected chi connectivity index (χ1v) is 6.71. The fourth-order valence-corrected chi connectivity index (χ4v) is 2.39. The molecule has 1 aliphatic rings. The lowest BCUT2D eigenvalue weighted by molar-refractivity contribution is -0.126. The third-order valence-electron chi connectivity index (χ3n) is 3.39. The monoisotopic (exact) mass is 242 g/mol. The highest BCUT2D eigenvalue weighted by atomic mass is 16.5. The molecule has 1 amide bonds. The number of hydrogen-bond acceptors (Lipinski definition) is 3. The van der Waals surface area contributed by atoms with E-state index < -0.39 is 0 Å². The highest BCUT2D eigenvalue weighted by Gasteiger charge is 2.24. The van der Waals surface area contributed by atoms with Crippen molar-refractivity contribution in [1.29, 1.82) is 0 Å². The van der Waals surface area contributed by atoms with Gasteiger partial charge in [0.15, 0.2) is 0 Å². The predicted octanol–water partition coefficient (Wildman–Crippen LogP) is 1.16. The van der Waals surface area contributed by atoms with Gasteiger partial charge in [0, 0.05) is 32.7 Å². The highest BCUT2D eigenvalue weighted by Crippen LogP contribution is 2.28. The summed E-state index contributed by atoms with van der Waals surface area (Å²) in [6.07, 6.45) is 4.60. The van der Waals surface area contributed by atoms with Crippen LogP contribution in [0, 0.1) is 11.8 Å². The Morgan fingerprint density at radius 3 is 2.82 bits per heavy atom. The molecule has 4 heteroatoms. The van der Waals surface area contributed by atoms with Crippen molar-refractivity contribution in [3.63, 3.8) is 0 Å². The van der Waals surface area contributed by atoms with Crippen molar-refractivity contribution in [1.82, 2.24) is 10.6 Å². The van der Waals surface area contributed by atoms with Gasteiger partial charge in [-0.3, -0.25) is 4.79 Å². The lowest BCUT2D eigenvalue weighted by Gasteiger charge is -2.25. The summed E-state index contributed by atoms with van der Waals surface area (Å²) < 4.78 is 4.93. The zero-order chi connectivity index (χ0) is 12.5. The molecule has 0 aromatic rings. The number of carbonyl (C=O) groups is 1. The molecule has 100 valence electrons. The minimum absolute atomic E-state index is 0.241. The minimum atomic E-state index is 0.241. The molecule has 0 heterocycles. The molecule has 0 aliphatic heterocycles. The first-order valence-electron chi connectivity index (χ1n) is 6.71. The van der Waals surface area contributed by atoms with Crippen LogP contribution in [0.25, 0.3) is 0 Å². The number of nitrogens with one attached hydrogen (secondary N) is 2. The maximum absolute atomic E-state index is 11.9. The van der Waals surface area contributed by atoms with E-state index in [-0.39, 0.29) is 11.8 Å². The largest absolute Gasteiger partial charge is 0.383 e. The Labute approximate surface area is 104 Å². The van der Waals surface area contributed by atoms with Crippen LogP contribution in [0.2, 0.25) is 0 Å². The zero-order valence-electron chi connectivity index (χ0n) is 11.1. The Morgan fingerprint density at radius 2 is 2.12 bits per heavy atom. The quantitative estimate of drug-likeness (QED) is 0.659. The van der Waals surface area contributed by atoms with E-state index in [1.165, 1.54) is 12.8 Å². The molecule has 4 nitrogen and oxygen atoms in total. The van der Waals surface area contributed by atoms with Gasteiger partial charge in [0.25, 0.3) is 0 Å². The molecule has 0 aromatic carbocycles. The van der Waals surface area contributed by atoms with Crippen molar-refractivity contribution in [2.45, 2.75) is 32.6 Å². The molecule has 0 radical (unpaired) electrons. The third kappa shape index (κ3) is 6.03. The van der Waals surface area contributed by atoms with Crippen LogP contribution < -0.4 is 10.6 Å². The molecule has 1 aliphatic carbocycles. The first kappa shape index (κ1) is 14.5. The molecule has 1 rings (SSSR count). The Balaban J connectivity index is 2.04. The van der Waals surface area contributed by atoms with Gasteiger partial charge in [-0.2, -0.15) is 0 Å². The van der Waals surface area contributed by atoms with E-state index in [9.17, 15) is 4.79 Å². The number of carbonyl (C=O) groups excluding carboxylic acids is 1. The van der Waals surface area contributed by atoms with Crippen LogP contribution in [-0.2, 0) is 9.53 Å². The molecule has 2 atom stereocenters. The summed E-state index contributed by atoms with van der Waals surface area (Å²) in [6.45, 7) is 5.33. The second kappa shape index (κ2) is 8.48. The molecule has 0 aromatic heterocycles. The predicted molar refractivity (Wildman–Crippen MR) is 68.9 cm³/mol. The maximum Gasteiger partial charge on any atom is 0.223 e. The van der Waals surface area contributed by atoms with Gasteiger partial charge in [0.05, 0.1) is 6.61 Å². The van der Waals surface area contributed by atoms with E-state index in [2.05, 4.69) is 17.6 Å². The fourth-order valence-electron chi connectivity index (χ4n) is 2.39. The Morgan fingerprint density at radius 1 is 1.29 bits per heavy atom. The average Bonchev–Trinajstić information content (AvgIpc) is 2.33. The summed E-state index contributed by atoms with van der Waals surface area (Å²) in [7, 11) is 1.69. The van der Waals surface area contributed by atoms with E-state index in [0.717, 1.165) is 25.9 Å². The van der Waals surface area contributed by atoms with Gasteiger partial charge in [0.2, 0.25) is 5.91 Å². The van der Waals surface area contributed by atoms with Crippen LogP contribution in [0.15, 0.2) is 0 Å². The topological polar surface area (TPSA) is 50.4 Å². The van der Waals surface area contributed by atoms with Crippen molar-refractivity contribution in [3.8, 4) is 0 Å². The molecule has 0 saturated heterocycles. The average molecular weight is 242 g/mol. The van der Waals surface area contributed by atoms with Gasteiger partial charge in [-0.25, -0.2) is 0 Å². The molecule has 1 fully saturated rings. The Hall–Kier alpha value is -0.610. The van der Waals surface area contributed by atoms with Crippen LogP contribution in [0.3, 0.4) is 0 Å². The van der Waals surface area contributed by atoms with Crippen LogP contribution in [0.5, 0.6) is 0 Å². The number of hydrogen-bond donors (Lipinski definition) is 2. The fraction of sp³-hybridized carbons (Fsp3) is 0.923. The normalized spacial score (nSPS) is 24.6. The minimum Gasteiger partial charge on any atom is -0.383 e. The van der Waals surface area contributed by atoms with Crippen LogP contribution >= 0.6 is 0 Å². The SMILES string of the molecule is COCCNCCNC(=O)C1CCCC(C)C1. The molecule has 2 N–H and O–H groups in total. The molecule has 17 heavy (non-hydrogen) atoms. The van der Waals surface area contributed by atoms with E-state index in [0.29, 0.717) is 19.1 Å². The lowest BCUT2D eigenvalue weighted by Crippen LogP contribution is -2.38. The molecular formula is C13H26N2O2. The van der Waals surface area contributed by atoms with Gasteiger partial charge < -0.3 is 15.4 Å². The van der Waals surface area contributed by atoms with Gasteiger partial charge >= 0.3 is 0 Å². The van der Waals surface area contributed by atoms with Gasteiger partial charge in [0.1, 0.15) is 0 Å². The van der Waals surface area contributed by atoms with E-state index in [4.69, 9.17) is 4.74 Å². The van der Waals surface area contributed by atoms with Crippen molar-refractivity contribution in [3.05, 3.63) is 0 Å². The molecular weight excluding hydrogens is 216 g/mol. The van der Waals surface area contributed by atoms with Crippen LogP contribution in [-0.4, -0.2) is 39.3 Å². The number of methoxy groups -OCH3 is 1. The van der Waals surface area contributed by atoms with Crippen LogP contribution in [0.1, 0.15) is 32.6 Å². The lowest BCUT2D eigenvalue weighted by atomic mass is 9.82. The standard InChI is InChI=1S/C13H26N2O2/c1-11-4-3-5-12(10-11)13(16)15-7-6-14-8-9-17-2/h11-12,14H,3-10H2,1-2H3,(H,15,16). The Bertz CT molecular complexity index is 221. The second-order valence-corrected chi connectivity index (χ2v) is 5.00. The van der Waals surface area contributed by atoms with E-state index >= 15 is 0 Å². The van der Waals surface area contributed by atoms with Crippen molar-refractivity contribution in [2.75, 3.05) is 33.4 Å². The summed E-state index contributed by atoms with van der Waals surface area (Å²) in [5.74, 6) is 1.20. The molecule has 2 unspecified atom stereocenters. The third-order valence-corrected chi connectivity index (χ3v) is 3.39. The molecule has 0 bridgehead atoms. The van der Waals surface area contributed by atoms with E-state index in [1.54, 1.807) is 7.11 Å². The smallest absolute Gasteiger partial charge is 0.223 e. The van der Waals surface area contributed by atoms with Crippen molar-refractivity contribution in [2.24, 2.45) is 11.8 Å². The summed E-state index contributed by atoms with van der Waals surface area (Å²) in [6, 6.07) is 0. The second-order valence-electron chi connectivity index (χ2n) is 5.00. The first-order chi connectivity index (χ1) is 8.24. The van der Waals surface area contributed by atoms with Crippen molar-refractivity contribution < 1.29 is 9.53 Å². The summed E-state index contributed by atoms with van der Waals surface area (Å²) in [5.41, 5.74) is 0. The zero-order valence-corrected chi connectivity index (χ0v) is 11.1. The van der Waals surface area contributed by atoms with Gasteiger partial charge in [-0.05, 0) is 18.8 Å². The van der Waals surface area contributed by atoms with Crippen molar-refractivity contribution >= 4 is 5.91 Å².